The second kappa shape index (κ2) is 5.20. The van der Waals surface area contributed by atoms with E-state index in [9.17, 15) is 14.4 Å². The maximum Gasteiger partial charge on any atom is 0.322 e. The average Bonchev–Trinajstić information content (AvgIpc) is 3.02. The molecular formula is C15H17N3O3. The Labute approximate surface area is 122 Å². The molecule has 1 unspecified atom stereocenters. The highest BCUT2D eigenvalue weighted by molar-refractivity contribution is 6.07. The van der Waals surface area contributed by atoms with E-state index < -0.39 is 11.6 Å². The highest BCUT2D eigenvalue weighted by Crippen LogP contribution is 2.25. The number of hydrogen-bond donors (Lipinski definition) is 2. The van der Waals surface area contributed by atoms with Crippen LogP contribution < -0.4 is 10.6 Å². The minimum atomic E-state index is -0.917. The summed E-state index contributed by atoms with van der Waals surface area (Å²) in [5.74, 6) is -0.310. The van der Waals surface area contributed by atoms with E-state index in [4.69, 9.17) is 0 Å². The summed E-state index contributed by atoms with van der Waals surface area (Å²) in [6.07, 6.45) is 1.57. The Morgan fingerprint density at radius 3 is 2.67 bits per heavy atom. The maximum absolute atomic E-state index is 12.2. The first kappa shape index (κ1) is 13.6. The summed E-state index contributed by atoms with van der Waals surface area (Å²) in [5, 5.41) is 4.88. The molecule has 0 aliphatic carbocycles. The van der Waals surface area contributed by atoms with Crippen molar-refractivity contribution < 1.29 is 14.4 Å². The van der Waals surface area contributed by atoms with Gasteiger partial charge in [0.25, 0.3) is 5.91 Å². The molecule has 2 N–H and O–H groups in total. The molecule has 0 bridgehead atoms. The van der Waals surface area contributed by atoms with Gasteiger partial charge in [-0.2, -0.15) is 0 Å². The molecule has 4 amide bonds. The van der Waals surface area contributed by atoms with Gasteiger partial charge in [-0.3, -0.25) is 14.9 Å². The first-order valence-electron chi connectivity index (χ1n) is 7.04. The molecule has 1 aromatic carbocycles. The minimum Gasteiger partial charge on any atom is -0.340 e. The Morgan fingerprint density at radius 1 is 1.24 bits per heavy atom. The first-order chi connectivity index (χ1) is 10.1. The second-order valence-corrected chi connectivity index (χ2v) is 5.54. The molecule has 1 aromatic rings. The number of hydrogen-bond acceptors (Lipinski definition) is 3. The van der Waals surface area contributed by atoms with Crippen molar-refractivity contribution in [2.24, 2.45) is 0 Å². The lowest BCUT2D eigenvalue weighted by Crippen LogP contribution is -2.49. The molecule has 0 saturated carbocycles. The number of nitrogens with one attached hydrogen (secondary N) is 2. The number of aryl methyl sites for hydroxylation is 1. The molecule has 2 fully saturated rings. The molecule has 2 saturated heterocycles. The summed E-state index contributed by atoms with van der Waals surface area (Å²) < 4.78 is 0. The number of rotatable bonds is 3. The quantitative estimate of drug-likeness (QED) is 0.791. The first-order valence-corrected chi connectivity index (χ1v) is 7.04. The van der Waals surface area contributed by atoms with E-state index in [0.717, 1.165) is 5.56 Å². The summed E-state index contributed by atoms with van der Waals surface area (Å²) in [4.78, 5) is 37.0. The third-order valence-corrected chi connectivity index (χ3v) is 4.11. The molecule has 2 aliphatic rings. The van der Waals surface area contributed by atoms with Crippen LogP contribution in [0.25, 0.3) is 0 Å². The van der Waals surface area contributed by atoms with Crippen molar-refractivity contribution in [1.29, 1.82) is 0 Å². The molecular weight excluding hydrogens is 270 g/mol. The van der Waals surface area contributed by atoms with Crippen molar-refractivity contribution in [3.8, 4) is 0 Å². The van der Waals surface area contributed by atoms with Crippen molar-refractivity contribution in [1.82, 2.24) is 15.5 Å². The number of carbonyl (C=O) groups excluding carboxylic acids is 3. The highest BCUT2D eigenvalue weighted by Gasteiger charge is 2.51. The zero-order valence-electron chi connectivity index (χ0n) is 11.6. The van der Waals surface area contributed by atoms with Gasteiger partial charge in [0.15, 0.2) is 0 Å². The number of amides is 4. The number of urea groups is 1. The van der Waals surface area contributed by atoms with Gasteiger partial charge in [0, 0.05) is 13.0 Å². The van der Waals surface area contributed by atoms with Gasteiger partial charge in [-0.15, -0.1) is 0 Å². The van der Waals surface area contributed by atoms with Gasteiger partial charge in [0.05, 0.1) is 6.54 Å². The number of carbonyl (C=O) groups is 3. The van der Waals surface area contributed by atoms with Crippen LogP contribution in [0.2, 0.25) is 0 Å². The molecule has 21 heavy (non-hydrogen) atoms. The van der Waals surface area contributed by atoms with Crippen LogP contribution in [0.3, 0.4) is 0 Å². The van der Waals surface area contributed by atoms with Gasteiger partial charge >= 0.3 is 6.03 Å². The third kappa shape index (κ3) is 2.61. The van der Waals surface area contributed by atoms with Crippen LogP contribution in [0.5, 0.6) is 0 Å². The Balaban J connectivity index is 1.58. The van der Waals surface area contributed by atoms with Gasteiger partial charge in [-0.25, -0.2) is 4.79 Å². The summed E-state index contributed by atoms with van der Waals surface area (Å²) in [6.45, 7) is 0.763. The zero-order chi connectivity index (χ0) is 14.9. The molecule has 2 aliphatic heterocycles. The van der Waals surface area contributed by atoms with Gasteiger partial charge in [0.2, 0.25) is 5.91 Å². The normalized spacial score (nSPS) is 24.3. The fraction of sp³-hybridized carbons (Fsp3) is 0.400. The molecule has 6 heteroatoms. The largest absolute Gasteiger partial charge is 0.340 e. The van der Waals surface area contributed by atoms with E-state index in [0.29, 0.717) is 25.8 Å². The monoisotopic (exact) mass is 287 g/mol. The van der Waals surface area contributed by atoms with Crippen LogP contribution >= 0.6 is 0 Å². The van der Waals surface area contributed by atoms with Crippen molar-refractivity contribution in [2.45, 2.75) is 24.8 Å². The fourth-order valence-electron chi connectivity index (χ4n) is 2.89. The van der Waals surface area contributed by atoms with E-state index >= 15 is 0 Å². The SMILES string of the molecule is O=C1NC(=O)C2(CCN(C(=O)CCc3ccccc3)C2)N1. The van der Waals surface area contributed by atoms with E-state index in [1.54, 1.807) is 4.90 Å². The second-order valence-electron chi connectivity index (χ2n) is 5.54. The van der Waals surface area contributed by atoms with E-state index in [-0.39, 0.29) is 18.4 Å². The van der Waals surface area contributed by atoms with E-state index in [2.05, 4.69) is 10.6 Å². The Hall–Kier alpha value is -2.37. The number of imide groups is 1. The van der Waals surface area contributed by atoms with Crippen molar-refractivity contribution in [3.63, 3.8) is 0 Å². The van der Waals surface area contributed by atoms with Crippen LogP contribution in [-0.4, -0.2) is 41.4 Å². The minimum absolute atomic E-state index is 0.0182. The standard InChI is InChI=1S/C15H17N3O3/c19-12(7-6-11-4-2-1-3-5-11)18-9-8-15(10-18)13(20)16-14(21)17-15/h1-5H,6-10H2,(H2,16,17,20,21). The lowest BCUT2D eigenvalue weighted by molar-refractivity contribution is -0.130. The van der Waals surface area contributed by atoms with Crippen LogP contribution in [-0.2, 0) is 16.0 Å². The van der Waals surface area contributed by atoms with E-state index in [1.165, 1.54) is 0 Å². The Morgan fingerprint density at radius 2 is 2.00 bits per heavy atom. The lowest BCUT2D eigenvalue weighted by atomic mass is 9.99. The molecule has 1 atom stereocenters. The van der Waals surface area contributed by atoms with Gasteiger partial charge in [-0.1, -0.05) is 30.3 Å². The molecule has 1 spiro atoms. The number of likely N-dealkylation sites (tertiary alicyclic amines) is 1. The summed E-state index contributed by atoms with van der Waals surface area (Å²) >= 11 is 0. The molecule has 0 aromatic heterocycles. The fourth-order valence-corrected chi connectivity index (χ4v) is 2.89. The summed E-state index contributed by atoms with van der Waals surface area (Å²) in [7, 11) is 0. The smallest absolute Gasteiger partial charge is 0.322 e. The van der Waals surface area contributed by atoms with Crippen molar-refractivity contribution in [2.75, 3.05) is 13.1 Å². The van der Waals surface area contributed by atoms with Gasteiger partial charge < -0.3 is 10.2 Å². The van der Waals surface area contributed by atoms with Gasteiger partial charge in [0.1, 0.15) is 5.54 Å². The van der Waals surface area contributed by atoms with Crippen LogP contribution in [0.15, 0.2) is 30.3 Å². The molecule has 3 rings (SSSR count). The van der Waals surface area contributed by atoms with Crippen molar-refractivity contribution >= 4 is 17.8 Å². The third-order valence-electron chi connectivity index (χ3n) is 4.11. The molecule has 6 nitrogen and oxygen atoms in total. The summed E-state index contributed by atoms with van der Waals surface area (Å²) in [6, 6.07) is 9.34. The molecule has 0 radical (unpaired) electrons. The topological polar surface area (TPSA) is 78.5 Å². The predicted octanol–water partition coefficient (Wildman–Crippen LogP) is 0.430. The molecule has 110 valence electrons. The predicted molar refractivity (Wildman–Crippen MR) is 75.4 cm³/mol. The number of nitrogens with zero attached hydrogens (tertiary/aromatic N) is 1. The maximum atomic E-state index is 12.2. The lowest BCUT2D eigenvalue weighted by Gasteiger charge is -2.21. The van der Waals surface area contributed by atoms with Crippen LogP contribution in [0.1, 0.15) is 18.4 Å². The number of benzene rings is 1. The molecule has 2 heterocycles. The zero-order valence-corrected chi connectivity index (χ0v) is 11.6. The van der Waals surface area contributed by atoms with Gasteiger partial charge in [-0.05, 0) is 18.4 Å². The van der Waals surface area contributed by atoms with E-state index in [1.807, 2.05) is 30.3 Å². The Kier molecular flexibility index (Phi) is 3.37. The average molecular weight is 287 g/mol. The van der Waals surface area contributed by atoms with Crippen LogP contribution in [0, 0.1) is 0 Å². The van der Waals surface area contributed by atoms with Crippen molar-refractivity contribution in [3.05, 3.63) is 35.9 Å². The Bertz CT molecular complexity index is 587. The summed E-state index contributed by atoms with van der Waals surface area (Å²) in [5.41, 5.74) is 0.200. The highest BCUT2D eigenvalue weighted by atomic mass is 16.2. The van der Waals surface area contributed by atoms with Crippen LogP contribution in [0.4, 0.5) is 4.79 Å².